The van der Waals surface area contributed by atoms with E-state index in [2.05, 4.69) is 20.8 Å². The number of amides is 1. The summed E-state index contributed by atoms with van der Waals surface area (Å²) in [5.74, 6) is 0.879. The first-order valence-corrected chi connectivity index (χ1v) is 11.2. The monoisotopic (exact) mass is 391 g/mol. The first-order valence-electron chi connectivity index (χ1n) is 11.2. The summed E-state index contributed by atoms with van der Waals surface area (Å²) in [6, 6.07) is 5.16. The van der Waals surface area contributed by atoms with E-state index in [0.717, 1.165) is 24.8 Å². The summed E-state index contributed by atoms with van der Waals surface area (Å²) in [7, 11) is 0. The zero-order valence-corrected chi connectivity index (χ0v) is 18.2. The largest absolute Gasteiger partial charge is 0.508 e. The molecule has 1 aromatic carbocycles. The molecule has 1 rings (SSSR count). The Balaban J connectivity index is 2.33. The number of phenols is 1. The number of benzene rings is 1. The lowest BCUT2D eigenvalue weighted by Gasteiger charge is -2.17. The molecule has 1 atom stereocenters. The van der Waals surface area contributed by atoms with Crippen molar-refractivity contribution in [3.63, 3.8) is 0 Å². The maximum absolute atomic E-state index is 11.8. The number of unbranched alkanes of at least 4 members (excludes halogenated alkanes) is 9. The molecule has 1 aromatic rings. The molecule has 4 nitrogen and oxygen atoms in total. The highest BCUT2D eigenvalue weighted by molar-refractivity contribution is 5.79. The van der Waals surface area contributed by atoms with Gasteiger partial charge in [-0.2, -0.15) is 0 Å². The summed E-state index contributed by atoms with van der Waals surface area (Å²) in [5.41, 5.74) is 6.38. The van der Waals surface area contributed by atoms with Crippen LogP contribution in [0.4, 0.5) is 0 Å². The van der Waals surface area contributed by atoms with Crippen LogP contribution in [-0.4, -0.2) is 17.1 Å². The first-order chi connectivity index (χ1) is 13.4. The van der Waals surface area contributed by atoms with Crippen LogP contribution in [0.2, 0.25) is 0 Å². The van der Waals surface area contributed by atoms with Crippen LogP contribution in [-0.2, 0) is 11.2 Å². The number of carbonyl (C=O) groups excluding carboxylic acids is 1. The number of carbonyl (C=O) groups is 1. The topological polar surface area (TPSA) is 72.6 Å². The van der Waals surface area contributed by atoms with E-state index in [1.54, 1.807) is 12.1 Å². The van der Waals surface area contributed by atoms with Gasteiger partial charge in [-0.25, -0.2) is 0 Å². The molecule has 0 bridgehead atoms. The molecule has 0 radical (unpaired) electrons. The van der Waals surface area contributed by atoms with Gasteiger partial charge in [0.25, 0.3) is 5.91 Å². The Kier molecular flexibility index (Phi) is 12.4. The normalized spacial score (nSPS) is 12.3. The molecule has 4 heteroatoms. The van der Waals surface area contributed by atoms with Gasteiger partial charge in [-0.15, -0.1) is 0 Å². The molecule has 0 fully saturated rings. The molecule has 0 saturated carbocycles. The fourth-order valence-electron chi connectivity index (χ4n) is 3.48. The van der Waals surface area contributed by atoms with Crippen LogP contribution in [0.5, 0.6) is 11.5 Å². The molecule has 160 valence electrons. The Labute approximate surface area is 171 Å². The first kappa shape index (κ1) is 24.3. The molecule has 3 N–H and O–H groups in total. The average Bonchev–Trinajstić information content (AvgIpc) is 2.64. The van der Waals surface area contributed by atoms with Gasteiger partial charge >= 0.3 is 0 Å². The molecule has 1 amide bonds. The number of phenolic OH excluding ortho intramolecular Hbond substituents is 1. The summed E-state index contributed by atoms with van der Waals surface area (Å²) in [6.07, 6.45) is 13.4. The molecule has 0 aliphatic heterocycles. The van der Waals surface area contributed by atoms with Crippen molar-refractivity contribution in [3.8, 4) is 11.5 Å². The van der Waals surface area contributed by atoms with E-state index in [0.29, 0.717) is 18.1 Å². The fourth-order valence-corrected chi connectivity index (χ4v) is 3.48. The predicted octanol–water partition coefficient (Wildman–Crippen LogP) is 6.13. The third kappa shape index (κ3) is 10.6. The average molecular weight is 392 g/mol. The van der Waals surface area contributed by atoms with Crippen molar-refractivity contribution in [3.05, 3.63) is 23.8 Å². The minimum Gasteiger partial charge on any atom is -0.508 e. The molecule has 0 aliphatic rings. The van der Waals surface area contributed by atoms with Crippen LogP contribution in [0.25, 0.3) is 0 Å². The van der Waals surface area contributed by atoms with Gasteiger partial charge in [-0.05, 0) is 48.9 Å². The van der Waals surface area contributed by atoms with Gasteiger partial charge in [0.05, 0.1) is 0 Å². The van der Waals surface area contributed by atoms with E-state index < -0.39 is 12.0 Å². The van der Waals surface area contributed by atoms with Crippen molar-refractivity contribution in [2.45, 2.75) is 104 Å². The Morgan fingerprint density at radius 3 is 2.11 bits per heavy atom. The maximum atomic E-state index is 11.8. The molecule has 0 saturated heterocycles. The van der Waals surface area contributed by atoms with Crippen LogP contribution in [0.15, 0.2) is 18.2 Å². The highest BCUT2D eigenvalue weighted by atomic mass is 16.5. The molecule has 1 unspecified atom stereocenters. The molecular formula is C24H41NO3. The smallest absolute Gasteiger partial charge is 0.258 e. The van der Waals surface area contributed by atoms with E-state index in [1.165, 1.54) is 51.4 Å². The third-order valence-corrected chi connectivity index (χ3v) is 5.09. The minimum absolute atomic E-state index is 0.270. The Morgan fingerprint density at radius 1 is 1.00 bits per heavy atom. The van der Waals surface area contributed by atoms with Gasteiger partial charge in [0, 0.05) is 0 Å². The number of primary amides is 1. The number of hydrogen-bond acceptors (Lipinski definition) is 3. The number of nitrogens with two attached hydrogens (primary N) is 1. The second-order valence-corrected chi connectivity index (χ2v) is 8.37. The van der Waals surface area contributed by atoms with Crippen LogP contribution < -0.4 is 10.5 Å². The lowest BCUT2D eigenvalue weighted by molar-refractivity contribution is -0.125. The number of aromatic hydroxyl groups is 1. The summed E-state index contributed by atoms with van der Waals surface area (Å²) in [6.45, 7) is 6.45. The molecule has 0 spiro atoms. The van der Waals surface area contributed by atoms with Gasteiger partial charge in [-0.3, -0.25) is 4.79 Å². The predicted molar refractivity (Wildman–Crippen MR) is 117 cm³/mol. The molecule has 28 heavy (non-hydrogen) atoms. The zero-order valence-electron chi connectivity index (χ0n) is 18.2. The third-order valence-electron chi connectivity index (χ3n) is 5.09. The highest BCUT2D eigenvalue weighted by Crippen LogP contribution is 2.26. The van der Waals surface area contributed by atoms with Gasteiger partial charge in [0.15, 0.2) is 6.10 Å². The maximum Gasteiger partial charge on any atom is 0.258 e. The van der Waals surface area contributed by atoms with Crippen molar-refractivity contribution in [1.82, 2.24) is 0 Å². The van der Waals surface area contributed by atoms with E-state index in [9.17, 15) is 9.90 Å². The van der Waals surface area contributed by atoms with Gasteiger partial charge in [-0.1, -0.05) is 78.6 Å². The molecule has 0 heterocycles. The molecule has 0 aliphatic carbocycles. The lowest BCUT2D eigenvalue weighted by atomic mass is 10.0. The highest BCUT2D eigenvalue weighted by Gasteiger charge is 2.17. The summed E-state index contributed by atoms with van der Waals surface area (Å²) >= 11 is 0. The zero-order chi connectivity index (χ0) is 20.8. The quantitative estimate of drug-likeness (QED) is 0.333. The minimum atomic E-state index is -0.606. The molecule has 0 aromatic heterocycles. The SMILES string of the molecule is CCCCCCCCCCCCC(Oc1ccc(O)c(CC(C)C)c1)C(N)=O. The van der Waals surface area contributed by atoms with E-state index in [4.69, 9.17) is 10.5 Å². The Hall–Kier alpha value is -1.71. The van der Waals surface area contributed by atoms with E-state index >= 15 is 0 Å². The lowest BCUT2D eigenvalue weighted by Crippen LogP contribution is -2.33. The summed E-state index contributed by atoms with van der Waals surface area (Å²) < 4.78 is 5.85. The second-order valence-electron chi connectivity index (χ2n) is 8.37. The van der Waals surface area contributed by atoms with Crippen molar-refractivity contribution in [2.75, 3.05) is 0 Å². The Morgan fingerprint density at radius 2 is 1.57 bits per heavy atom. The summed E-state index contributed by atoms with van der Waals surface area (Å²) in [5, 5.41) is 9.98. The standard InChI is InChI=1S/C24H41NO3/c1-4-5-6-7-8-9-10-11-12-13-14-23(24(25)27)28-21-15-16-22(26)20(18-21)17-19(2)3/h15-16,18-19,23,26H,4-14,17H2,1-3H3,(H2,25,27). The van der Waals surface area contributed by atoms with Gasteiger partial charge in [0.2, 0.25) is 0 Å². The number of hydrogen-bond donors (Lipinski definition) is 2. The molecular weight excluding hydrogens is 350 g/mol. The van der Waals surface area contributed by atoms with E-state index in [1.807, 2.05) is 6.07 Å². The van der Waals surface area contributed by atoms with Crippen molar-refractivity contribution in [2.24, 2.45) is 11.7 Å². The van der Waals surface area contributed by atoms with Crippen molar-refractivity contribution >= 4 is 5.91 Å². The van der Waals surface area contributed by atoms with Crippen molar-refractivity contribution in [1.29, 1.82) is 0 Å². The van der Waals surface area contributed by atoms with Crippen LogP contribution in [0.1, 0.15) is 97.0 Å². The Bertz CT molecular complexity index is 557. The number of rotatable bonds is 16. The van der Waals surface area contributed by atoms with Crippen LogP contribution >= 0.6 is 0 Å². The van der Waals surface area contributed by atoms with Gasteiger partial charge in [0.1, 0.15) is 11.5 Å². The van der Waals surface area contributed by atoms with E-state index in [-0.39, 0.29) is 5.75 Å². The van der Waals surface area contributed by atoms with Crippen molar-refractivity contribution < 1.29 is 14.6 Å². The van der Waals surface area contributed by atoms with Crippen LogP contribution in [0.3, 0.4) is 0 Å². The second kappa shape index (κ2) is 14.3. The fraction of sp³-hybridized carbons (Fsp3) is 0.708. The number of ether oxygens (including phenoxy) is 1. The van der Waals surface area contributed by atoms with Gasteiger partial charge < -0.3 is 15.6 Å². The summed E-state index contributed by atoms with van der Waals surface area (Å²) in [4.78, 5) is 11.8. The van der Waals surface area contributed by atoms with Crippen LogP contribution in [0, 0.1) is 5.92 Å².